The fourth-order valence-corrected chi connectivity index (χ4v) is 3.34. The van der Waals surface area contributed by atoms with E-state index in [1.165, 1.54) is 17.4 Å². The molecule has 1 aromatic carbocycles. The van der Waals surface area contributed by atoms with Crippen molar-refractivity contribution < 1.29 is 4.42 Å². The summed E-state index contributed by atoms with van der Waals surface area (Å²) in [6.45, 7) is 6.89. The number of nitrogens with one attached hydrogen (secondary N) is 1. The third-order valence-electron chi connectivity index (χ3n) is 4.65. The van der Waals surface area contributed by atoms with Crippen LogP contribution in [0.1, 0.15) is 44.6 Å². The third kappa shape index (κ3) is 1.99. The quantitative estimate of drug-likeness (QED) is 0.883. The van der Waals surface area contributed by atoms with E-state index in [2.05, 4.69) is 51.3 Å². The zero-order valence-electron chi connectivity index (χ0n) is 12.3. The Balaban J connectivity index is 2.12. The predicted octanol–water partition coefficient (Wildman–Crippen LogP) is 4.30. The van der Waals surface area contributed by atoms with Crippen molar-refractivity contribution in [2.75, 3.05) is 7.05 Å². The van der Waals surface area contributed by atoms with Gasteiger partial charge in [0.05, 0.1) is 0 Å². The molecule has 2 atom stereocenters. The largest absolute Gasteiger partial charge is 0.461 e. The average Bonchev–Trinajstić information content (AvgIpc) is 2.87. The maximum Gasteiger partial charge on any atom is 0.134 e. The minimum atomic E-state index is 0.411. The van der Waals surface area contributed by atoms with Crippen LogP contribution in [0.25, 0.3) is 11.0 Å². The molecular formula is C17H23NO. The molecule has 2 unspecified atom stereocenters. The second kappa shape index (κ2) is 4.38. The summed E-state index contributed by atoms with van der Waals surface area (Å²) < 4.78 is 6.04. The van der Waals surface area contributed by atoms with E-state index < -0.39 is 0 Å². The van der Waals surface area contributed by atoms with Crippen molar-refractivity contribution in [3.63, 3.8) is 0 Å². The average molecular weight is 257 g/mol. The highest BCUT2D eigenvalue weighted by Gasteiger charge is 2.51. The Morgan fingerprint density at radius 3 is 2.63 bits per heavy atom. The number of fused-ring (bicyclic) bond motifs is 1. The molecule has 19 heavy (non-hydrogen) atoms. The van der Waals surface area contributed by atoms with E-state index in [-0.39, 0.29) is 0 Å². The van der Waals surface area contributed by atoms with Gasteiger partial charge in [-0.1, -0.05) is 39.0 Å². The summed E-state index contributed by atoms with van der Waals surface area (Å²) in [5, 5.41) is 4.81. The Hall–Kier alpha value is -1.28. The number of aryl methyl sites for hydroxylation is 1. The molecule has 1 fully saturated rings. The Morgan fingerprint density at radius 2 is 2.05 bits per heavy atom. The lowest BCUT2D eigenvalue weighted by Gasteiger charge is -2.18. The first-order chi connectivity index (χ1) is 9.08. The first-order valence-electron chi connectivity index (χ1n) is 7.26. The fraction of sp³-hybridized carbons (Fsp3) is 0.529. The summed E-state index contributed by atoms with van der Waals surface area (Å²) >= 11 is 0. The van der Waals surface area contributed by atoms with Gasteiger partial charge in [-0.05, 0) is 30.9 Å². The van der Waals surface area contributed by atoms with Crippen LogP contribution in [0.2, 0.25) is 0 Å². The minimum Gasteiger partial charge on any atom is -0.461 e. The minimum absolute atomic E-state index is 0.411. The SMILES string of the molecule is CCc1oc2ccccc2c1C(NC)C1CC1(C)C. The van der Waals surface area contributed by atoms with Crippen molar-refractivity contribution in [3.8, 4) is 0 Å². The van der Waals surface area contributed by atoms with Crippen molar-refractivity contribution in [1.29, 1.82) is 0 Å². The van der Waals surface area contributed by atoms with Gasteiger partial charge in [0.1, 0.15) is 11.3 Å². The lowest BCUT2D eigenvalue weighted by Crippen LogP contribution is -2.21. The topological polar surface area (TPSA) is 25.2 Å². The van der Waals surface area contributed by atoms with E-state index in [1.54, 1.807) is 0 Å². The summed E-state index contributed by atoms with van der Waals surface area (Å²) in [4.78, 5) is 0. The van der Waals surface area contributed by atoms with Crippen molar-refractivity contribution in [1.82, 2.24) is 5.32 Å². The molecule has 0 aliphatic heterocycles. The van der Waals surface area contributed by atoms with E-state index in [0.717, 1.165) is 17.8 Å². The maximum absolute atomic E-state index is 6.04. The van der Waals surface area contributed by atoms with E-state index in [4.69, 9.17) is 4.42 Å². The van der Waals surface area contributed by atoms with Crippen LogP contribution in [0.4, 0.5) is 0 Å². The molecule has 3 rings (SSSR count). The molecule has 0 saturated heterocycles. The number of furan rings is 1. The van der Waals surface area contributed by atoms with Crippen LogP contribution >= 0.6 is 0 Å². The molecule has 1 saturated carbocycles. The lowest BCUT2D eigenvalue weighted by molar-refractivity contribution is 0.431. The zero-order valence-corrected chi connectivity index (χ0v) is 12.3. The van der Waals surface area contributed by atoms with E-state index >= 15 is 0 Å². The van der Waals surface area contributed by atoms with Crippen LogP contribution in [0.5, 0.6) is 0 Å². The van der Waals surface area contributed by atoms with Gasteiger partial charge < -0.3 is 9.73 Å². The van der Waals surface area contributed by atoms with Gasteiger partial charge in [0.25, 0.3) is 0 Å². The molecule has 1 heterocycles. The van der Waals surface area contributed by atoms with Crippen LogP contribution in [-0.2, 0) is 6.42 Å². The molecule has 2 aromatic rings. The first-order valence-corrected chi connectivity index (χ1v) is 7.26. The van der Waals surface area contributed by atoms with Crippen LogP contribution < -0.4 is 5.32 Å². The zero-order chi connectivity index (χ0) is 13.6. The van der Waals surface area contributed by atoms with Gasteiger partial charge in [-0.3, -0.25) is 0 Å². The summed E-state index contributed by atoms with van der Waals surface area (Å²) in [5.41, 5.74) is 2.86. The Kier molecular flexibility index (Phi) is 2.94. The monoisotopic (exact) mass is 257 g/mol. The van der Waals surface area contributed by atoms with Gasteiger partial charge in [-0.25, -0.2) is 0 Å². The molecule has 2 heteroatoms. The molecule has 1 aliphatic rings. The molecule has 0 bridgehead atoms. The van der Waals surface area contributed by atoms with Crippen LogP contribution in [0.15, 0.2) is 28.7 Å². The lowest BCUT2D eigenvalue weighted by atomic mass is 9.94. The first kappa shape index (κ1) is 12.7. The van der Waals surface area contributed by atoms with Gasteiger partial charge in [-0.15, -0.1) is 0 Å². The van der Waals surface area contributed by atoms with Crippen molar-refractivity contribution >= 4 is 11.0 Å². The fourth-order valence-electron chi connectivity index (χ4n) is 3.34. The Bertz CT molecular complexity index is 596. The highest BCUT2D eigenvalue weighted by molar-refractivity contribution is 5.83. The molecule has 1 aromatic heterocycles. The van der Waals surface area contributed by atoms with Gasteiger partial charge in [0.2, 0.25) is 0 Å². The standard InChI is InChI=1S/C17H23NO/c1-5-13-15(11-8-6-7-9-14(11)19-13)16(18-4)12-10-17(12,2)3/h6-9,12,16,18H,5,10H2,1-4H3. The molecule has 1 aliphatic carbocycles. The smallest absolute Gasteiger partial charge is 0.134 e. The number of benzene rings is 1. The molecule has 102 valence electrons. The normalized spacial score (nSPS) is 22.6. The highest BCUT2D eigenvalue weighted by Crippen LogP contribution is 2.58. The Labute approximate surface area is 115 Å². The number of para-hydroxylation sites is 1. The van der Waals surface area contributed by atoms with E-state index in [1.807, 2.05) is 6.07 Å². The summed E-state index contributed by atoms with van der Waals surface area (Å²) in [7, 11) is 2.07. The van der Waals surface area contributed by atoms with Gasteiger partial charge in [0.15, 0.2) is 0 Å². The van der Waals surface area contributed by atoms with Gasteiger partial charge in [0, 0.05) is 23.4 Å². The van der Waals surface area contributed by atoms with Crippen LogP contribution in [0.3, 0.4) is 0 Å². The summed E-state index contributed by atoms with van der Waals surface area (Å²) in [5.74, 6) is 1.85. The Morgan fingerprint density at radius 1 is 1.37 bits per heavy atom. The van der Waals surface area contributed by atoms with E-state index in [0.29, 0.717) is 17.4 Å². The second-order valence-electron chi connectivity index (χ2n) is 6.35. The second-order valence-corrected chi connectivity index (χ2v) is 6.35. The van der Waals surface area contributed by atoms with E-state index in [9.17, 15) is 0 Å². The number of rotatable bonds is 4. The molecular weight excluding hydrogens is 234 g/mol. The van der Waals surface area contributed by atoms with Crippen molar-refractivity contribution in [3.05, 3.63) is 35.6 Å². The maximum atomic E-state index is 6.04. The number of hydrogen-bond acceptors (Lipinski definition) is 2. The molecule has 0 radical (unpaired) electrons. The summed E-state index contributed by atoms with van der Waals surface area (Å²) in [6.07, 6.45) is 2.25. The van der Waals surface area contributed by atoms with Crippen molar-refractivity contribution in [2.24, 2.45) is 11.3 Å². The molecule has 0 spiro atoms. The van der Waals surface area contributed by atoms with Crippen LogP contribution in [0, 0.1) is 11.3 Å². The predicted molar refractivity (Wildman–Crippen MR) is 79.3 cm³/mol. The van der Waals surface area contributed by atoms with Gasteiger partial charge >= 0.3 is 0 Å². The summed E-state index contributed by atoms with van der Waals surface area (Å²) in [6, 6.07) is 8.82. The number of hydrogen-bond donors (Lipinski definition) is 1. The highest BCUT2D eigenvalue weighted by atomic mass is 16.3. The van der Waals surface area contributed by atoms with Crippen LogP contribution in [-0.4, -0.2) is 7.05 Å². The van der Waals surface area contributed by atoms with Gasteiger partial charge in [-0.2, -0.15) is 0 Å². The molecule has 1 N–H and O–H groups in total. The third-order valence-corrected chi connectivity index (χ3v) is 4.65. The van der Waals surface area contributed by atoms with Crippen molar-refractivity contribution in [2.45, 2.75) is 39.7 Å². The molecule has 0 amide bonds. The molecule has 2 nitrogen and oxygen atoms in total.